The fraction of sp³-hybridized carbons (Fsp3) is 0.350. The molecule has 0 unspecified atom stereocenters. The molecule has 0 aliphatic rings. The third-order valence-corrected chi connectivity index (χ3v) is 4.30. The largest absolute Gasteiger partial charge is 0.484 e. The minimum Gasteiger partial charge on any atom is -0.484 e. The van der Waals surface area contributed by atoms with E-state index >= 15 is 0 Å². The Morgan fingerprint density at radius 2 is 1.70 bits per heavy atom. The summed E-state index contributed by atoms with van der Waals surface area (Å²) in [7, 11) is 0. The number of rotatable bonds is 11. The van der Waals surface area contributed by atoms with Crippen LogP contribution in [-0.4, -0.2) is 54.3 Å². The third-order valence-electron chi connectivity index (χ3n) is 3.99. The number of halogens is 5. The topological polar surface area (TPSA) is 110 Å². The van der Waals surface area contributed by atoms with E-state index in [1.807, 2.05) is 0 Å². The molecule has 0 aliphatic heterocycles. The number of aromatic nitrogens is 1. The Balaban J connectivity index is 1.58. The van der Waals surface area contributed by atoms with Crippen molar-refractivity contribution in [3.05, 3.63) is 53.1 Å². The molecular weight excluding hydrogens is 474 g/mol. The molecule has 2 amide bonds. The second-order valence-corrected chi connectivity index (χ2v) is 7.03. The molecule has 0 spiro atoms. The Hall–Kier alpha value is -3.12. The van der Waals surface area contributed by atoms with Crippen molar-refractivity contribution in [2.45, 2.75) is 18.7 Å². The number of alkyl halides is 3. The molecule has 1 aromatic carbocycles. The zero-order valence-corrected chi connectivity index (χ0v) is 17.8. The highest BCUT2D eigenvalue weighted by molar-refractivity contribution is 6.30. The lowest BCUT2D eigenvalue weighted by Crippen LogP contribution is -2.37. The third kappa shape index (κ3) is 9.49. The van der Waals surface area contributed by atoms with E-state index in [2.05, 4.69) is 15.6 Å². The van der Waals surface area contributed by atoms with E-state index in [1.54, 1.807) is 0 Å². The van der Waals surface area contributed by atoms with E-state index in [9.17, 15) is 32.3 Å². The standard InChI is InChI=1S/C20H20ClF4N3O5/c21-15-3-1-13(7-16(15)22)32-10-18(30)26-6-5-12(29)8-28-19(31)11-33-14-2-4-17(27-9-14)20(23,24)25/h1-4,7,9,12,29H,5-6,8,10-11H2,(H,26,30)(H,28,31)/t12-/m0/s1. The molecule has 0 radical (unpaired) electrons. The summed E-state index contributed by atoms with van der Waals surface area (Å²) in [5.41, 5.74) is -1.08. The molecule has 1 atom stereocenters. The fourth-order valence-electron chi connectivity index (χ4n) is 2.31. The van der Waals surface area contributed by atoms with Crippen LogP contribution in [0.3, 0.4) is 0 Å². The number of aliphatic hydroxyl groups is 1. The van der Waals surface area contributed by atoms with Crippen LogP contribution < -0.4 is 20.1 Å². The number of hydrogen-bond donors (Lipinski definition) is 3. The number of pyridine rings is 1. The first-order valence-corrected chi connectivity index (χ1v) is 9.87. The van der Waals surface area contributed by atoms with Gasteiger partial charge in [0.2, 0.25) is 0 Å². The number of benzene rings is 1. The summed E-state index contributed by atoms with van der Waals surface area (Å²) in [6.45, 7) is -0.908. The molecule has 0 bridgehead atoms. The van der Waals surface area contributed by atoms with Gasteiger partial charge in [-0.2, -0.15) is 13.2 Å². The average Bonchev–Trinajstić information content (AvgIpc) is 2.76. The SMILES string of the molecule is O=C(COc1ccc(Cl)c(F)c1)NCC[C@H](O)CNC(=O)COc1ccc(C(F)(F)F)nc1. The van der Waals surface area contributed by atoms with E-state index in [1.165, 1.54) is 12.1 Å². The summed E-state index contributed by atoms with van der Waals surface area (Å²) >= 11 is 5.55. The van der Waals surface area contributed by atoms with Crippen molar-refractivity contribution < 1.29 is 41.7 Å². The highest BCUT2D eigenvalue weighted by atomic mass is 35.5. The van der Waals surface area contributed by atoms with Gasteiger partial charge in [-0.05, 0) is 30.7 Å². The number of ether oxygens (including phenoxy) is 2. The van der Waals surface area contributed by atoms with Gasteiger partial charge in [-0.25, -0.2) is 9.37 Å². The monoisotopic (exact) mass is 493 g/mol. The van der Waals surface area contributed by atoms with Crippen molar-refractivity contribution in [3.63, 3.8) is 0 Å². The van der Waals surface area contributed by atoms with Gasteiger partial charge in [0.25, 0.3) is 11.8 Å². The Labute approximate surface area is 190 Å². The van der Waals surface area contributed by atoms with Crippen molar-refractivity contribution in [2.24, 2.45) is 0 Å². The predicted octanol–water partition coefficient (Wildman–Crippen LogP) is 2.33. The molecular formula is C20H20ClF4N3O5. The zero-order chi connectivity index (χ0) is 24.4. The number of aliphatic hydroxyl groups excluding tert-OH is 1. The van der Waals surface area contributed by atoms with Crippen LogP contribution in [0.15, 0.2) is 36.5 Å². The summed E-state index contributed by atoms with van der Waals surface area (Å²) in [6.07, 6.45) is -4.59. The molecule has 0 saturated heterocycles. The number of hydrogen-bond acceptors (Lipinski definition) is 6. The van der Waals surface area contributed by atoms with Crippen molar-refractivity contribution in [2.75, 3.05) is 26.3 Å². The maximum absolute atomic E-state index is 13.3. The van der Waals surface area contributed by atoms with Gasteiger partial charge in [0, 0.05) is 19.2 Å². The van der Waals surface area contributed by atoms with Gasteiger partial charge in [-0.15, -0.1) is 0 Å². The molecule has 8 nitrogen and oxygen atoms in total. The summed E-state index contributed by atoms with van der Waals surface area (Å²) < 4.78 is 60.8. The first-order chi connectivity index (χ1) is 15.5. The van der Waals surface area contributed by atoms with Crippen molar-refractivity contribution in [1.29, 1.82) is 0 Å². The van der Waals surface area contributed by atoms with Crippen molar-refractivity contribution in [1.82, 2.24) is 15.6 Å². The molecule has 3 N–H and O–H groups in total. The van der Waals surface area contributed by atoms with Gasteiger partial charge >= 0.3 is 6.18 Å². The van der Waals surface area contributed by atoms with Crippen LogP contribution in [-0.2, 0) is 15.8 Å². The molecule has 0 fully saturated rings. The van der Waals surface area contributed by atoms with Gasteiger partial charge < -0.3 is 25.2 Å². The van der Waals surface area contributed by atoms with Crippen LogP contribution in [0.1, 0.15) is 12.1 Å². The maximum atomic E-state index is 13.3. The summed E-state index contributed by atoms with van der Waals surface area (Å²) in [5, 5.41) is 14.7. The van der Waals surface area contributed by atoms with Crippen LogP contribution in [0.5, 0.6) is 11.5 Å². The number of amides is 2. The van der Waals surface area contributed by atoms with Gasteiger partial charge in [-0.3, -0.25) is 9.59 Å². The van der Waals surface area contributed by atoms with Crippen LogP contribution in [0.25, 0.3) is 0 Å². The number of nitrogens with one attached hydrogen (secondary N) is 2. The second kappa shape index (κ2) is 12.2. The Morgan fingerprint density at radius 3 is 2.30 bits per heavy atom. The van der Waals surface area contributed by atoms with Crippen LogP contribution in [0.4, 0.5) is 17.6 Å². The van der Waals surface area contributed by atoms with E-state index in [0.29, 0.717) is 0 Å². The molecule has 33 heavy (non-hydrogen) atoms. The molecule has 2 aromatic rings. The summed E-state index contributed by atoms with van der Waals surface area (Å²) in [5.74, 6) is -1.68. The van der Waals surface area contributed by atoms with E-state index < -0.39 is 42.2 Å². The summed E-state index contributed by atoms with van der Waals surface area (Å²) in [6, 6.07) is 5.50. The highest BCUT2D eigenvalue weighted by Gasteiger charge is 2.32. The Morgan fingerprint density at radius 1 is 1.06 bits per heavy atom. The smallest absolute Gasteiger partial charge is 0.433 e. The lowest BCUT2D eigenvalue weighted by Gasteiger charge is -2.13. The lowest BCUT2D eigenvalue weighted by molar-refractivity contribution is -0.141. The summed E-state index contributed by atoms with van der Waals surface area (Å²) in [4.78, 5) is 26.6. The molecule has 13 heteroatoms. The highest BCUT2D eigenvalue weighted by Crippen LogP contribution is 2.28. The van der Waals surface area contributed by atoms with E-state index in [-0.39, 0.29) is 42.6 Å². The average molecular weight is 494 g/mol. The maximum Gasteiger partial charge on any atom is 0.433 e. The number of carbonyl (C=O) groups is 2. The van der Waals surface area contributed by atoms with Crippen LogP contribution >= 0.6 is 11.6 Å². The number of nitrogens with zero attached hydrogens (tertiary/aromatic N) is 1. The molecule has 2 rings (SSSR count). The van der Waals surface area contributed by atoms with Crippen LogP contribution in [0, 0.1) is 5.82 Å². The van der Waals surface area contributed by atoms with Crippen molar-refractivity contribution in [3.8, 4) is 11.5 Å². The zero-order valence-electron chi connectivity index (χ0n) is 17.0. The predicted molar refractivity (Wildman–Crippen MR) is 108 cm³/mol. The van der Waals surface area contributed by atoms with Crippen LogP contribution in [0.2, 0.25) is 5.02 Å². The normalized spacial score (nSPS) is 12.1. The molecule has 1 aromatic heterocycles. The van der Waals surface area contributed by atoms with Gasteiger partial charge in [0.15, 0.2) is 13.2 Å². The first kappa shape index (κ1) is 26.1. The number of carbonyl (C=O) groups excluding carboxylic acids is 2. The molecule has 0 saturated carbocycles. The van der Waals surface area contributed by atoms with Gasteiger partial charge in [-0.1, -0.05) is 11.6 Å². The lowest BCUT2D eigenvalue weighted by atomic mass is 10.2. The minimum atomic E-state index is -4.57. The van der Waals surface area contributed by atoms with E-state index in [0.717, 1.165) is 24.4 Å². The Kier molecular flexibility index (Phi) is 9.67. The quantitative estimate of drug-likeness (QED) is 0.415. The second-order valence-electron chi connectivity index (χ2n) is 6.63. The minimum absolute atomic E-state index is 0.0232. The van der Waals surface area contributed by atoms with E-state index in [4.69, 9.17) is 21.1 Å². The first-order valence-electron chi connectivity index (χ1n) is 9.50. The molecule has 0 aliphatic carbocycles. The van der Waals surface area contributed by atoms with Crippen molar-refractivity contribution >= 4 is 23.4 Å². The molecule has 1 heterocycles. The Bertz CT molecular complexity index is 944. The fourth-order valence-corrected chi connectivity index (χ4v) is 2.43. The van der Waals surface area contributed by atoms with Gasteiger partial charge in [0.1, 0.15) is 23.0 Å². The molecule has 180 valence electrons. The van der Waals surface area contributed by atoms with Gasteiger partial charge in [0.05, 0.1) is 17.3 Å².